The summed E-state index contributed by atoms with van der Waals surface area (Å²) >= 11 is 0. The second-order valence-electron chi connectivity index (χ2n) is 5.82. The van der Waals surface area contributed by atoms with Crippen LogP contribution in [-0.2, 0) is 19.1 Å². The molecule has 0 heterocycles. The lowest BCUT2D eigenvalue weighted by atomic mass is 10.0. The molecule has 3 N–H and O–H groups in total. The number of hydrogen-bond acceptors (Lipinski definition) is 5. The molecule has 2 amide bonds. The Morgan fingerprint density at radius 2 is 1.77 bits per heavy atom. The fraction of sp³-hybridized carbons (Fsp3) is 0.412. The Balaban J connectivity index is 2.77. The molecular formula is C17H21FN2O6. The van der Waals surface area contributed by atoms with Crippen LogP contribution in [0, 0.1) is 5.92 Å². The Labute approximate surface area is 149 Å². The quantitative estimate of drug-likeness (QED) is 0.610. The van der Waals surface area contributed by atoms with E-state index in [0.717, 1.165) is 0 Å². The molecule has 26 heavy (non-hydrogen) atoms. The molecule has 1 aromatic carbocycles. The number of para-hydroxylation sites is 1. The highest BCUT2D eigenvalue weighted by atomic mass is 19.1. The minimum atomic E-state index is -1.54. The number of amides is 2. The van der Waals surface area contributed by atoms with E-state index in [9.17, 15) is 23.6 Å². The first-order valence-corrected chi connectivity index (χ1v) is 7.88. The molecule has 2 unspecified atom stereocenters. The molecule has 8 nitrogen and oxygen atoms in total. The van der Waals surface area contributed by atoms with E-state index in [0.29, 0.717) is 5.69 Å². The van der Waals surface area contributed by atoms with E-state index in [-0.39, 0.29) is 0 Å². The minimum Gasteiger partial charge on any atom is -0.481 e. The standard InChI is InChI=1S/C17H21FN2O6/c1-10(2)15(26-17(25)19-11-6-4-3-5-7-11)16(24)20-12(8-14(22)23)13(21)9-18/h3-7,10,12,15H,8-9H2,1-2H3,(H,19,25)(H,20,24)(H,22,23). The van der Waals surface area contributed by atoms with Gasteiger partial charge in [0.25, 0.3) is 5.91 Å². The average Bonchev–Trinajstić information content (AvgIpc) is 2.58. The summed E-state index contributed by atoms with van der Waals surface area (Å²) in [5, 5.41) is 13.4. The summed E-state index contributed by atoms with van der Waals surface area (Å²) in [5.41, 5.74) is 0.455. The fourth-order valence-electron chi connectivity index (χ4n) is 2.04. The van der Waals surface area contributed by atoms with Gasteiger partial charge in [0, 0.05) is 5.69 Å². The third kappa shape index (κ3) is 6.88. The number of alkyl halides is 1. The number of rotatable bonds is 9. The maximum absolute atomic E-state index is 12.6. The van der Waals surface area contributed by atoms with Gasteiger partial charge < -0.3 is 15.2 Å². The summed E-state index contributed by atoms with van der Waals surface area (Å²) in [7, 11) is 0. The van der Waals surface area contributed by atoms with Crippen molar-refractivity contribution in [1.82, 2.24) is 5.32 Å². The summed E-state index contributed by atoms with van der Waals surface area (Å²) < 4.78 is 17.6. The summed E-state index contributed by atoms with van der Waals surface area (Å²) in [6.45, 7) is 1.78. The van der Waals surface area contributed by atoms with Crippen molar-refractivity contribution < 1.29 is 33.4 Å². The SMILES string of the molecule is CC(C)C(OC(=O)Nc1ccccc1)C(=O)NC(CC(=O)O)C(=O)CF. The van der Waals surface area contributed by atoms with Gasteiger partial charge in [0.15, 0.2) is 11.9 Å². The van der Waals surface area contributed by atoms with E-state index >= 15 is 0 Å². The van der Waals surface area contributed by atoms with Crippen molar-refractivity contribution in [2.75, 3.05) is 12.0 Å². The van der Waals surface area contributed by atoms with Crippen LogP contribution in [0.25, 0.3) is 0 Å². The van der Waals surface area contributed by atoms with Crippen molar-refractivity contribution in [2.24, 2.45) is 5.92 Å². The number of hydrogen-bond donors (Lipinski definition) is 3. The summed E-state index contributed by atoms with van der Waals surface area (Å²) in [4.78, 5) is 46.5. The van der Waals surface area contributed by atoms with Gasteiger partial charge in [-0.25, -0.2) is 9.18 Å². The number of aliphatic carboxylic acids is 1. The van der Waals surface area contributed by atoms with Crippen LogP contribution in [0.1, 0.15) is 20.3 Å². The minimum absolute atomic E-state index is 0.455. The molecule has 0 spiro atoms. The van der Waals surface area contributed by atoms with E-state index in [1.807, 2.05) is 0 Å². The topological polar surface area (TPSA) is 122 Å². The molecule has 1 rings (SSSR count). The molecule has 0 aliphatic rings. The first-order chi connectivity index (χ1) is 12.2. The fourth-order valence-corrected chi connectivity index (χ4v) is 2.04. The number of carbonyl (C=O) groups excluding carboxylic acids is 3. The number of anilines is 1. The van der Waals surface area contributed by atoms with E-state index in [1.165, 1.54) is 0 Å². The van der Waals surface area contributed by atoms with Crippen molar-refractivity contribution in [3.63, 3.8) is 0 Å². The molecule has 2 atom stereocenters. The highest BCUT2D eigenvalue weighted by Gasteiger charge is 2.31. The number of ketones is 1. The Kier molecular flexibility index (Phi) is 8.20. The Morgan fingerprint density at radius 1 is 1.15 bits per heavy atom. The lowest BCUT2D eigenvalue weighted by molar-refractivity contribution is -0.141. The molecule has 9 heteroatoms. The third-order valence-corrected chi connectivity index (χ3v) is 3.33. The summed E-state index contributed by atoms with van der Waals surface area (Å²) in [6.07, 6.45) is -2.95. The maximum atomic E-state index is 12.6. The number of ether oxygens (including phenoxy) is 1. The van der Waals surface area contributed by atoms with Crippen LogP contribution in [0.15, 0.2) is 30.3 Å². The Bertz CT molecular complexity index is 650. The van der Waals surface area contributed by atoms with Gasteiger partial charge in [-0.15, -0.1) is 0 Å². The first kappa shape index (κ1) is 21.1. The van der Waals surface area contributed by atoms with Crippen molar-refractivity contribution in [3.8, 4) is 0 Å². The van der Waals surface area contributed by atoms with E-state index in [1.54, 1.807) is 44.2 Å². The average molecular weight is 368 g/mol. The van der Waals surface area contributed by atoms with Crippen LogP contribution >= 0.6 is 0 Å². The molecule has 0 radical (unpaired) electrons. The van der Waals surface area contributed by atoms with Crippen molar-refractivity contribution in [1.29, 1.82) is 0 Å². The highest BCUT2D eigenvalue weighted by molar-refractivity contribution is 5.94. The van der Waals surface area contributed by atoms with Crippen LogP contribution in [0.5, 0.6) is 0 Å². The van der Waals surface area contributed by atoms with Gasteiger partial charge in [-0.1, -0.05) is 32.0 Å². The van der Waals surface area contributed by atoms with Gasteiger partial charge in [-0.3, -0.25) is 19.7 Å². The molecule has 0 saturated carbocycles. The number of halogens is 1. The van der Waals surface area contributed by atoms with Crippen LogP contribution < -0.4 is 10.6 Å². The smallest absolute Gasteiger partial charge is 0.412 e. The first-order valence-electron chi connectivity index (χ1n) is 7.88. The monoisotopic (exact) mass is 368 g/mol. The van der Waals surface area contributed by atoms with Crippen LogP contribution in [0.2, 0.25) is 0 Å². The van der Waals surface area contributed by atoms with Crippen LogP contribution in [0.4, 0.5) is 14.9 Å². The molecule has 0 saturated heterocycles. The normalized spacial score (nSPS) is 12.8. The van der Waals surface area contributed by atoms with Gasteiger partial charge in [0.1, 0.15) is 12.7 Å². The second-order valence-corrected chi connectivity index (χ2v) is 5.82. The van der Waals surface area contributed by atoms with Crippen LogP contribution in [0.3, 0.4) is 0 Å². The zero-order valence-electron chi connectivity index (χ0n) is 14.4. The Morgan fingerprint density at radius 3 is 2.27 bits per heavy atom. The van der Waals surface area contributed by atoms with Crippen LogP contribution in [-0.4, -0.2) is 47.7 Å². The summed E-state index contributed by atoms with van der Waals surface area (Å²) in [5.74, 6) is -3.79. The van der Waals surface area contributed by atoms with Gasteiger partial charge in [0.2, 0.25) is 0 Å². The number of carbonyl (C=O) groups is 4. The number of Topliss-reactive ketones (excluding diaryl/α,β-unsaturated/α-hetero) is 1. The largest absolute Gasteiger partial charge is 0.481 e. The molecule has 0 aliphatic carbocycles. The van der Waals surface area contributed by atoms with E-state index in [4.69, 9.17) is 9.84 Å². The number of benzene rings is 1. The van der Waals surface area contributed by atoms with E-state index < -0.39 is 54.9 Å². The molecular weight excluding hydrogens is 347 g/mol. The highest BCUT2D eigenvalue weighted by Crippen LogP contribution is 2.11. The predicted octanol–water partition coefficient (Wildman–Crippen LogP) is 1.76. The molecule has 0 bridgehead atoms. The zero-order valence-corrected chi connectivity index (χ0v) is 14.4. The zero-order chi connectivity index (χ0) is 19.7. The predicted molar refractivity (Wildman–Crippen MR) is 90.3 cm³/mol. The maximum Gasteiger partial charge on any atom is 0.412 e. The van der Waals surface area contributed by atoms with Gasteiger partial charge in [-0.2, -0.15) is 0 Å². The van der Waals surface area contributed by atoms with E-state index in [2.05, 4.69) is 10.6 Å². The van der Waals surface area contributed by atoms with Gasteiger partial charge in [-0.05, 0) is 18.1 Å². The molecule has 0 aliphatic heterocycles. The number of carboxylic acids is 1. The number of nitrogens with one attached hydrogen (secondary N) is 2. The van der Waals surface area contributed by atoms with Gasteiger partial charge in [0.05, 0.1) is 6.42 Å². The summed E-state index contributed by atoms with van der Waals surface area (Å²) in [6, 6.07) is 6.85. The van der Waals surface area contributed by atoms with Crippen molar-refractivity contribution in [3.05, 3.63) is 30.3 Å². The lowest BCUT2D eigenvalue weighted by Gasteiger charge is -2.23. The van der Waals surface area contributed by atoms with Crippen molar-refractivity contribution in [2.45, 2.75) is 32.4 Å². The lowest BCUT2D eigenvalue weighted by Crippen LogP contribution is -2.49. The van der Waals surface area contributed by atoms with Gasteiger partial charge >= 0.3 is 12.1 Å². The molecule has 142 valence electrons. The number of carboxylic acid groups (broad SMARTS) is 1. The van der Waals surface area contributed by atoms with Crippen molar-refractivity contribution >= 4 is 29.4 Å². The molecule has 0 aromatic heterocycles. The third-order valence-electron chi connectivity index (χ3n) is 3.33. The molecule has 1 aromatic rings. The molecule has 0 fully saturated rings. The second kappa shape index (κ2) is 10.1. The Hall–Kier alpha value is -2.97.